The number of ether oxygens (including phenoxy) is 1. The minimum atomic E-state index is -4.72. The Bertz CT molecular complexity index is 1520. The highest BCUT2D eigenvalue weighted by Crippen LogP contribution is 2.35. The Morgan fingerprint density at radius 1 is 1.02 bits per heavy atom. The van der Waals surface area contributed by atoms with Crippen molar-refractivity contribution in [3.05, 3.63) is 57.0 Å². The van der Waals surface area contributed by atoms with E-state index in [1.54, 1.807) is 11.8 Å². The summed E-state index contributed by atoms with van der Waals surface area (Å²) in [5.74, 6) is -1.11. The zero-order valence-corrected chi connectivity index (χ0v) is 25.7. The number of likely N-dealkylation sites (tertiary alicyclic amines) is 1. The summed E-state index contributed by atoms with van der Waals surface area (Å²) in [6.07, 6.45) is -0.417. The van der Waals surface area contributed by atoms with Crippen LogP contribution in [-0.2, 0) is 10.9 Å². The number of aromatic nitrogens is 4. The molecule has 0 aliphatic carbocycles. The van der Waals surface area contributed by atoms with Crippen LogP contribution in [0.2, 0.25) is 5.02 Å². The third kappa shape index (κ3) is 8.75. The van der Waals surface area contributed by atoms with Crippen molar-refractivity contribution in [2.75, 3.05) is 23.7 Å². The molecule has 44 heavy (non-hydrogen) atoms. The number of anilines is 2. The number of pyridine rings is 1. The molecule has 4 heterocycles. The van der Waals surface area contributed by atoms with Crippen molar-refractivity contribution >= 4 is 52.5 Å². The van der Waals surface area contributed by atoms with Crippen LogP contribution in [0, 0.1) is 0 Å². The Labute approximate surface area is 259 Å². The van der Waals surface area contributed by atoms with E-state index in [-0.39, 0.29) is 28.5 Å². The van der Waals surface area contributed by atoms with Gasteiger partial charge in [0, 0.05) is 31.4 Å². The molecule has 0 bridgehead atoms. The number of hydrogen-bond donors (Lipinski definition) is 3. The number of carbonyl (C=O) groups is 3. The van der Waals surface area contributed by atoms with Crippen LogP contribution in [0.4, 0.5) is 29.6 Å². The van der Waals surface area contributed by atoms with Gasteiger partial charge in [-0.25, -0.2) is 24.7 Å². The first-order valence-electron chi connectivity index (χ1n) is 13.5. The minimum Gasteiger partial charge on any atom is -0.444 e. The zero-order valence-electron chi connectivity index (χ0n) is 24.2. The van der Waals surface area contributed by atoms with E-state index in [0.717, 1.165) is 17.5 Å². The van der Waals surface area contributed by atoms with E-state index >= 15 is 0 Å². The number of rotatable bonds is 7. The second kappa shape index (κ2) is 13.3. The molecule has 3 amide bonds. The number of halogens is 4. The molecule has 1 unspecified atom stereocenters. The lowest BCUT2D eigenvalue weighted by Gasteiger charge is -2.33. The number of thiazole rings is 1. The van der Waals surface area contributed by atoms with Gasteiger partial charge in [0.1, 0.15) is 39.1 Å². The molecule has 1 fully saturated rings. The van der Waals surface area contributed by atoms with Crippen molar-refractivity contribution in [3.63, 3.8) is 0 Å². The molecule has 0 radical (unpaired) electrons. The number of hydrogen-bond acceptors (Lipinski definition) is 10. The average molecular weight is 655 g/mol. The molecule has 3 aromatic rings. The molecule has 0 saturated carbocycles. The monoisotopic (exact) mass is 654 g/mol. The lowest BCUT2D eigenvalue weighted by Crippen LogP contribution is -2.44. The molecule has 1 saturated heterocycles. The minimum absolute atomic E-state index is 0.0291. The van der Waals surface area contributed by atoms with Crippen LogP contribution in [0.3, 0.4) is 0 Å². The maximum atomic E-state index is 13.1. The third-order valence-corrected chi connectivity index (χ3v) is 7.75. The molecule has 12 nitrogen and oxygen atoms in total. The van der Waals surface area contributed by atoms with Gasteiger partial charge >= 0.3 is 12.3 Å². The summed E-state index contributed by atoms with van der Waals surface area (Å²) in [4.78, 5) is 55.7. The number of carbonyl (C=O) groups excluding carboxylic acids is 3. The fraction of sp³-hybridized carbons (Fsp3) is 0.444. The maximum Gasteiger partial charge on any atom is 0.418 e. The zero-order chi connectivity index (χ0) is 32.2. The standard InChI is InChI=1S/C27H30ClF3N8O4S/c1-14(24-33-12-19(44-24)23(41)38-20-9-16(27(29,30)31)17(28)11-32-20)36-22(40)18-10-21(35-13-34-18)37-15-5-7-39(8-6-15)25(42)43-26(2,3)4/h9-15H,5-8H2,1-4H3,(H,36,40)(H,32,38,41)(H,34,35,37). The molecule has 236 valence electrons. The highest BCUT2D eigenvalue weighted by atomic mass is 35.5. The number of piperidine rings is 1. The Morgan fingerprint density at radius 3 is 2.39 bits per heavy atom. The largest absolute Gasteiger partial charge is 0.444 e. The normalized spacial score (nSPS) is 15.0. The number of alkyl halides is 3. The first-order valence-corrected chi connectivity index (χ1v) is 14.7. The van der Waals surface area contributed by atoms with E-state index in [1.165, 1.54) is 18.6 Å². The van der Waals surface area contributed by atoms with Gasteiger partial charge in [0.15, 0.2) is 0 Å². The van der Waals surface area contributed by atoms with Crippen molar-refractivity contribution in [3.8, 4) is 0 Å². The van der Waals surface area contributed by atoms with E-state index < -0.39 is 40.2 Å². The molecule has 17 heteroatoms. The summed E-state index contributed by atoms with van der Waals surface area (Å²) < 4.78 is 44.8. The quantitative estimate of drug-likeness (QED) is 0.298. The van der Waals surface area contributed by atoms with Crippen molar-refractivity contribution in [1.82, 2.24) is 30.2 Å². The van der Waals surface area contributed by atoms with Crippen LogP contribution < -0.4 is 16.0 Å². The fourth-order valence-electron chi connectivity index (χ4n) is 4.13. The fourth-order valence-corrected chi connectivity index (χ4v) is 5.16. The van der Waals surface area contributed by atoms with E-state index in [0.29, 0.717) is 42.8 Å². The van der Waals surface area contributed by atoms with Gasteiger partial charge < -0.3 is 25.6 Å². The molecular weight excluding hydrogens is 625 g/mol. The maximum absolute atomic E-state index is 13.1. The first-order chi connectivity index (χ1) is 20.6. The van der Waals surface area contributed by atoms with Crippen molar-refractivity contribution in [1.29, 1.82) is 0 Å². The van der Waals surface area contributed by atoms with Crippen LogP contribution in [0.15, 0.2) is 30.9 Å². The molecule has 0 spiro atoms. The molecule has 4 rings (SSSR count). The van der Waals surface area contributed by atoms with Gasteiger partial charge in [-0.15, -0.1) is 11.3 Å². The summed E-state index contributed by atoms with van der Waals surface area (Å²) in [6, 6.07) is 1.56. The predicted octanol–water partition coefficient (Wildman–Crippen LogP) is 5.56. The van der Waals surface area contributed by atoms with E-state index in [1.807, 2.05) is 20.8 Å². The lowest BCUT2D eigenvalue weighted by molar-refractivity contribution is -0.137. The smallest absolute Gasteiger partial charge is 0.418 e. The summed E-state index contributed by atoms with van der Waals surface area (Å²) in [5.41, 5.74) is -1.59. The second-order valence-corrected chi connectivity index (χ2v) is 12.4. The molecular formula is C27H30ClF3N8O4S. The average Bonchev–Trinajstić information content (AvgIpc) is 3.44. The molecule has 0 aromatic carbocycles. The van der Waals surface area contributed by atoms with Gasteiger partial charge in [0.05, 0.1) is 22.8 Å². The van der Waals surface area contributed by atoms with Crippen LogP contribution in [0.25, 0.3) is 0 Å². The molecule has 1 aliphatic rings. The van der Waals surface area contributed by atoms with E-state index in [9.17, 15) is 27.6 Å². The summed E-state index contributed by atoms with van der Waals surface area (Å²) in [6.45, 7) is 8.14. The SMILES string of the molecule is CC(NC(=O)c1cc(NC2CCN(C(=O)OC(C)(C)C)CC2)ncn1)c1ncc(C(=O)Nc2cc(C(F)(F)F)c(Cl)cn2)s1. The Kier molecular flexibility index (Phi) is 9.93. The van der Waals surface area contributed by atoms with Crippen LogP contribution in [0.1, 0.15) is 77.3 Å². The highest BCUT2D eigenvalue weighted by Gasteiger charge is 2.34. The molecule has 1 aliphatic heterocycles. The van der Waals surface area contributed by atoms with Crippen LogP contribution in [0.5, 0.6) is 0 Å². The Hall–Kier alpha value is -4.05. The molecule has 3 aromatic heterocycles. The third-order valence-electron chi connectivity index (χ3n) is 6.27. The summed E-state index contributed by atoms with van der Waals surface area (Å²) in [5, 5.41) is 8.13. The Balaban J connectivity index is 1.31. The van der Waals surface area contributed by atoms with Gasteiger partial charge in [-0.2, -0.15) is 13.2 Å². The van der Waals surface area contributed by atoms with Crippen molar-refractivity contribution < 1.29 is 32.3 Å². The van der Waals surface area contributed by atoms with Gasteiger partial charge in [-0.05, 0) is 46.6 Å². The van der Waals surface area contributed by atoms with Gasteiger partial charge in [-0.1, -0.05) is 11.6 Å². The Morgan fingerprint density at radius 2 is 1.73 bits per heavy atom. The van der Waals surface area contributed by atoms with Crippen molar-refractivity contribution in [2.45, 2.75) is 64.4 Å². The van der Waals surface area contributed by atoms with Gasteiger partial charge in [0.25, 0.3) is 11.8 Å². The number of amides is 3. The first kappa shape index (κ1) is 32.9. The van der Waals surface area contributed by atoms with Gasteiger partial charge in [-0.3, -0.25) is 9.59 Å². The van der Waals surface area contributed by atoms with E-state index in [2.05, 4.69) is 35.9 Å². The lowest BCUT2D eigenvalue weighted by atomic mass is 10.1. The highest BCUT2D eigenvalue weighted by molar-refractivity contribution is 7.13. The molecule has 1 atom stereocenters. The van der Waals surface area contributed by atoms with E-state index in [4.69, 9.17) is 16.3 Å². The predicted molar refractivity (Wildman–Crippen MR) is 157 cm³/mol. The number of nitrogens with one attached hydrogen (secondary N) is 3. The summed E-state index contributed by atoms with van der Waals surface area (Å²) in [7, 11) is 0. The van der Waals surface area contributed by atoms with Gasteiger partial charge in [0.2, 0.25) is 0 Å². The number of nitrogens with zero attached hydrogens (tertiary/aromatic N) is 5. The van der Waals surface area contributed by atoms with Crippen LogP contribution in [-0.4, -0.2) is 67.5 Å². The topological polar surface area (TPSA) is 151 Å². The van der Waals surface area contributed by atoms with Crippen molar-refractivity contribution in [2.24, 2.45) is 0 Å². The molecule has 3 N–H and O–H groups in total. The second-order valence-electron chi connectivity index (χ2n) is 10.9. The van der Waals surface area contributed by atoms with Crippen LogP contribution >= 0.6 is 22.9 Å². The summed E-state index contributed by atoms with van der Waals surface area (Å²) >= 11 is 6.53.